The Kier molecular flexibility index (Phi) is 6.11. The molecule has 3 rings (SSSR count). The zero-order chi connectivity index (χ0) is 19.2. The van der Waals surface area contributed by atoms with Crippen LogP contribution in [0.25, 0.3) is 10.9 Å². The fraction of sp³-hybridized carbons (Fsp3) is 0.286. The van der Waals surface area contributed by atoms with Crippen molar-refractivity contribution in [2.45, 2.75) is 18.9 Å². The number of aromatic nitrogens is 1. The van der Waals surface area contributed by atoms with Crippen molar-refractivity contribution >= 4 is 10.9 Å². The second-order valence-electron chi connectivity index (χ2n) is 6.46. The van der Waals surface area contributed by atoms with Crippen molar-refractivity contribution in [3.8, 4) is 11.5 Å². The van der Waals surface area contributed by atoms with E-state index >= 15 is 0 Å². The molecule has 27 heavy (non-hydrogen) atoms. The van der Waals surface area contributed by atoms with Crippen LogP contribution in [-0.4, -0.2) is 35.4 Å². The number of ether oxygens (including phenoxy) is 1. The Morgan fingerprint density at radius 1 is 1.11 bits per heavy atom. The van der Waals surface area contributed by atoms with Gasteiger partial charge in [0.25, 0.3) is 0 Å². The number of aliphatic hydroxyl groups excluding tert-OH is 1. The summed E-state index contributed by atoms with van der Waals surface area (Å²) < 4.78 is 5.15. The second-order valence-corrected chi connectivity index (χ2v) is 6.46. The van der Waals surface area contributed by atoms with Gasteiger partial charge in [0.15, 0.2) is 0 Å². The number of hydrogen-bond donors (Lipinski definition) is 4. The molecule has 0 aliphatic carbocycles. The second kappa shape index (κ2) is 8.70. The lowest BCUT2D eigenvalue weighted by molar-refractivity contribution is 0.176. The zero-order valence-electron chi connectivity index (χ0n) is 15.2. The number of aryl methyl sites for hydroxylation is 1. The van der Waals surface area contributed by atoms with Crippen LogP contribution in [-0.2, 0) is 6.42 Å². The molecule has 0 radical (unpaired) electrons. The maximum atomic E-state index is 11.5. The van der Waals surface area contributed by atoms with E-state index in [9.17, 15) is 15.0 Å². The fourth-order valence-electron chi connectivity index (χ4n) is 3.11. The Bertz CT molecular complexity index is 951. The van der Waals surface area contributed by atoms with Gasteiger partial charge >= 0.3 is 0 Å². The quantitative estimate of drug-likeness (QED) is 0.458. The number of aliphatic hydroxyl groups is 1. The molecule has 0 spiro atoms. The standard InChI is InChI=1S/C21H24N2O4/c1-27-15-6-4-14(5-7-15)3-2-12-22-13-19(25)16-8-10-18(24)21-17(16)9-11-20(26)23-21/h4-11,19,22,24-25H,2-3,12-13H2,1H3,(H,23,26). The predicted octanol–water partition coefficient (Wildman–Crippen LogP) is 2.50. The van der Waals surface area contributed by atoms with Crippen molar-refractivity contribution in [3.05, 3.63) is 70.0 Å². The Labute approximate surface area is 157 Å². The zero-order valence-corrected chi connectivity index (χ0v) is 15.2. The molecule has 0 aliphatic rings. The molecule has 2 aromatic carbocycles. The Morgan fingerprint density at radius 3 is 2.63 bits per heavy atom. The number of nitrogens with one attached hydrogen (secondary N) is 2. The highest BCUT2D eigenvalue weighted by molar-refractivity contribution is 5.87. The minimum Gasteiger partial charge on any atom is -0.506 e. The fourth-order valence-corrected chi connectivity index (χ4v) is 3.11. The lowest BCUT2D eigenvalue weighted by atomic mass is 10.0. The van der Waals surface area contributed by atoms with Crippen molar-refractivity contribution in [3.63, 3.8) is 0 Å². The van der Waals surface area contributed by atoms with E-state index in [-0.39, 0.29) is 11.3 Å². The molecule has 6 heteroatoms. The summed E-state index contributed by atoms with van der Waals surface area (Å²) in [5.41, 5.74) is 1.97. The topological polar surface area (TPSA) is 94.6 Å². The summed E-state index contributed by atoms with van der Waals surface area (Å²) in [5, 5.41) is 24.3. The first-order chi connectivity index (χ1) is 13.1. The molecule has 0 amide bonds. The average molecular weight is 368 g/mol. The molecule has 142 valence electrons. The van der Waals surface area contributed by atoms with E-state index in [0.29, 0.717) is 23.0 Å². The summed E-state index contributed by atoms with van der Waals surface area (Å²) in [6, 6.07) is 14.2. The van der Waals surface area contributed by atoms with Gasteiger partial charge in [0.1, 0.15) is 11.5 Å². The lowest BCUT2D eigenvalue weighted by Gasteiger charge is -2.15. The van der Waals surface area contributed by atoms with E-state index in [1.54, 1.807) is 19.2 Å². The summed E-state index contributed by atoms with van der Waals surface area (Å²) in [7, 11) is 1.65. The van der Waals surface area contributed by atoms with Gasteiger partial charge < -0.3 is 25.3 Å². The summed E-state index contributed by atoms with van der Waals surface area (Å²) >= 11 is 0. The first-order valence-corrected chi connectivity index (χ1v) is 8.95. The van der Waals surface area contributed by atoms with E-state index in [0.717, 1.165) is 25.1 Å². The van der Waals surface area contributed by atoms with Gasteiger partial charge in [0, 0.05) is 18.0 Å². The number of hydrogen-bond acceptors (Lipinski definition) is 5. The van der Waals surface area contributed by atoms with Crippen molar-refractivity contribution < 1.29 is 14.9 Å². The van der Waals surface area contributed by atoms with Crippen molar-refractivity contribution in [2.24, 2.45) is 0 Å². The number of fused-ring (bicyclic) bond motifs is 1. The smallest absolute Gasteiger partial charge is 0.248 e. The van der Waals surface area contributed by atoms with Gasteiger partial charge in [-0.25, -0.2) is 0 Å². The molecule has 1 atom stereocenters. The highest BCUT2D eigenvalue weighted by Crippen LogP contribution is 2.28. The molecule has 0 bridgehead atoms. The molecule has 1 heterocycles. The molecule has 0 aliphatic heterocycles. The maximum absolute atomic E-state index is 11.5. The predicted molar refractivity (Wildman–Crippen MR) is 105 cm³/mol. The van der Waals surface area contributed by atoms with Crippen molar-refractivity contribution in [1.82, 2.24) is 10.3 Å². The van der Waals surface area contributed by atoms with E-state index in [4.69, 9.17) is 4.74 Å². The molecule has 1 aromatic heterocycles. The molecule has 3 aromatic rings. The normalized spacial score (nSPS) is 12.2. The molecule has 6 nitrogen and oxygen atoms in total. The van der Waals surface area contributed by atoms with Crippen LogP contribution in [0.3, 0.4) is 0 Å². The highest BCUT2D eigenvalue weighted by atomic mass is 16.5. The van der Waals surface area contributed by atoms with Gasteiger partial charge in [0.05, 0.1) is 18.7 Å². The van der Waals surface area contributed by atoms with Crippen molar-refractivity contribution in [1.29, 1.82) is 0 Å². The van der Waals surface area contributed by atoms with Crippen LogP contribution in [0.15, 0.2) is 53.3 Å². The number of benzene rings is 2. The first-order valence-electron chi connectivity index (χ1n) is 8.95. The van der Waals surface area contributed by atoms with Crippen LogP contribution in [0.2, 0.25) is 0 Å². The highest BCUT2D eigenvalue weighted by Gasteiger charge is 2.13. The number of aromatic hydroxyl groups is 1. The monoisotopic (exact) mass is 368 g/mol. The number of phenols is 1. The minimum atomic E-state index is -0.736. The summed E-state index contributed by atoms with van der Waals surface area (Å²) in [5.74, 6) is 0.841. The molecule has 0 saturated heterocycles. The first kappa shape index (κ1) is 18.9. The van der Waals surface area contributed by atoms with Crippen molar-refractivity contribution in [2.75, 3.05) is 20.2 Å². The third-order valence-corrected chi connectivity index (χ3v) is 4.58. The minimum absolute atomic E-state index is 0.00824. The van der Waals surface area contributed by atoms with Crippen LogP contribution in [0.1, 0.15) is 23.7 Å². The van der Waals surface area contributed by atoms with E-state index in [2.05, 4.69) is 22.4 Å². The van der Waals surface area contributed by atoms with Gasteiger partial charge in [-0.1, -0.05) is 18.2 Å². The largest absolute Gasteiger partial charge is 0.506 e. The number of H-pyrrole nitrogens is 1. The molecular formula is C21H24N2O4. The maximum Gasteiger partial charge on any atom is 0.248 e. The molecular weight excluding hydrogens is 344 g/mol. The van der Waals surface area contributed by atoms with E-state index < -0.39 is 6.10 Å². The third kappa shape index (κ3) is 4.67. The molecule has 0 saturated carbocycles. The Morgan fingerprint density at radius 2 is 1.89 bits per heavy atom. The third-order valence-electron chi connectivity index (χ3n) is 4.58. The van der Waals surface area contributed by atoms with Crippen LogP contribution < -0.4 is 15.6 Å². The number of methoxy groups -OCH3 is 1. The number of pyridine rings is 1. The Hall–Kier alpha value is -2.83. The molecule has 0 fully saturated rings. The van der Waals surface area contributed by atoms with Gasteiger partial charge in [-0.2, -0.15) is 0 Å². The molecule has 1 unspecified atom stereocenters. The Balaban J connectivity index is 1.53. The van der Waals surface area contributed by atoms with Gasteiger partial charge in [-0.3, -0.25) is 4.79 Å². The van der Waals surface area contributed by atoms with Crippen LogP contribution in [0, 0.1) is 0 Å². The number of aromatic amines is 1. The van der Waals surface area contributed by atoms with E-state index in [1.807, 2.05) is 12.1 Å². The summed E-state index contributed by atoms with van der Waals surface area (Å²) in [4.78, 5) is 14.1. The van der Waals surface area contributed by atoms with Crippen LogP contribution in [0.4, 0.5) is 0 Å². The van der Waals surface area contributed by atoms with Gasteiger partial charge in [0.2, 0.25) is 5.56 Å². The van der Waals surface area contributed by atoms with Crippen LogP contribution >= 0.6 is 0 Å². The summed E-state index contributed by atoms with van der Waals surface area (Å²) in [6.07, 6.45) is 1.15. The lowest BCUT2D eigenvalue weighted by Crippen LogP contribution is -2.23. The van der Waals surface area contributed by atoms with Crippen LogP contribution in [0.5, 0.6) is 11.5 Å². The number of phenolic OH excluding ortho intramolecular Hbond substituents is 1. The van der Waals surface area contributed by atoms with E-state index in [1.165, 1.54) is 17.7 Å². The average Bonchev–Trinajstić information content (AvgIpc) is 2.68. The summed E-state index contributed by atoms with van der Waals surface area (Å²) in [6.45, 7) is 1.16. The SMILES string of the molecule is COc1ccc(CCCNCC(O)c2ccc(O)c3[nH]c(=O)ccc23)cc1. The number of rotatable bonds is 8. The van der Waals surface area contributed by atoms with Gasteiger partial charge in [-0.15, -0.1) is 0 Å². The molecule has 4 N–H and O–H groups in total. The van der Waals surface area contributed by atoms with Gasteiger partial charge in [-0.05, 0) is 54.8 Å².